The van der Waals surface area contributed by atoms with Crippen molar-refractivity contribution >= 4 is 10.9 Å². The monoisotopic (exact) mass is 344 g/mol. The fourth-order valence-corrected chi connectivity index (χ4v) is 3.01. The Morgan fingerprint density at radius 3 is 2.72 bits per heavy atom. The van der Waals surface area contributed by atoms with Crippen molar-refractivity contribution in [1.29, 1.82) is 0 Å². The van der Waals surface area contributed by atoms with Gasteiger partial charge in [-0.3, -0.25) is 0 Å². The maximum atomic E-state index is 5.97. The Hall–Kier alpha value is -1.92. The van der Waals surface area contributed by atoms with Crippen molar-refractivity contribution in [2.45, 2.75) is 26.4 Å². The van der Waals surface area contributed by atoms with Gasteiger partial charge in [-0.2, -0.15) is 0 Å². The molecule has 2 aromatic rings. The van der Waals surface area contributed by atoms with Crippen LogP contribution in [0.3, 0.4) is 0 Å². The third-order valence-electron chi connectivity index (χ3n) is 4.41. The van der Waals surface area contributed by atoms with Gasteiger partial charge in [-0.25, -0.2) is 9.97 Å². The second-order valence-corrected chi connectivity index (χ2v) is 6.89. The van der Waals surface area contributed by atoms with E-state index < -0.39 is 0 Å². The van der Waals surface area contributed by atoms with Crippen LogP contribution in [0, 0.1) is 0 Å². The van der Waals surface area contributed by atoms with E-state index in [1.165, 1.54) is 0 Å². The molecule has 0 radical (unpaired) electrons. The molecule has 6 heteroatoms. The molecule has 3 rings (SSSR count). The highest BCUT2D eigenvalue weighted by molar-refractivity contribution is 5.85. The molecule has 0 N–H and O–H groups in total. The van der Waals surface area contributed by atoms with Crippen LogP contribution in [0.25, 0.3) is 10.9 Å². The molecule has 25 heavy (non-hydrogen) atoms. The van der Waals surface area contributed by atoms with Gasteiger partial charge in [0.2, 0.25) is 0 Å². The quantitative estimate of drug-likeness (QED) is 0.719. The molecule has 1 aromatic heterocycles. The van der Waals surface area contributed by atoms with E-state index in [4.69, 9.17) is 9.47 Å². The molecule has 0 aliphatic carbocycles. The first-order chi connectivity index (χ1) is 12.1. The van der Waals surface area contributed by atoms with Gasteiger partial charge < -0.3 is 19.3 Å². The van der Waals surface area contributed by atoms with E-state index in [0.717, 1.165) is 61.5 Å². The SMILES string of the molecule is CC(C)Oc1cc(OCCCN2CCN(C)CC2)cc2ncncc12. The molecule has 1 saturated heterocycles. The fraction of sp³-hybridized carbons (Fsp3) is 0.579. The molecule has 2 heterocycles. The van der Waals surface area contributed by atoms with E-state index in [9.17, 15) is 0 Å². The van der Waals surface area contributed by atoms with E-state index >= 15 is 0 Å². The lowest BCUT2D eigenvalue weighted by Crippen LogP contribution is -2.44. The van der Waals surface area contributed by atoms with Crippen LogP contribution in [0.5, 0.6) is 11.5 Å². The summed E-state index contributed by atoms with van der Waals surface area (Å²) in [6.45, 7) is 10.4. The predicted octanol–water partition coefficient (Wildman–Crippen LogP) is 2.43. The van der Waals surface area contributed by atoms with Crippen molar-refractivity contribution in [2.24, 2.45) is 0 Å². The van der Waals surface area contributed by atoms with E-state index in [2.05, 4.69) is 26.8 Å². The summed E-state index contributed by atoms with van der Waals surface area (Å²) in [5, 5.41) is 0.918. The summed E-state index contributed by atoms with van der Waals surface area (Å²) in [6, 6.07) is 3.90. The summed E-state index contributed by atoms with van der Waals surface area (Å²) in [6.07, 6.45) is 4.46. The van der Waals surface area contributed by atoms with Gasteiger partial charge in [0.15, 0.2) is 0 Å². The molecule has 0 unspecified atom stereocenters. The Labute approximate surface area is 149 Å². The molecule has 6 nitrogen and oxygen atoms in total. The topological polar surface area (TPSA) is 50.7 Å². The van der Waals surface area contributed by atoms with Gasteiger partial charge in [-0.05, 0) is 27.3 Å². The van der Waals surface area contributed by atoms with E-state index in [1.54, 1.807) is 12.5 Å². The fourth-order valence-electron chi connectivity index (χ4n) is 3.01. The predicted molar refractivity (Wildman–Crippen MR) is 99.4 cm³/mol. The number of hydrogen-bond acceptors (Lipinski definition) is 6. The van der Waals surface area contributed by atoms with Crippen LogP contribution in [0.15, 0.2) is 24.7 Å². The minimum absolute atomic E-state index is 0.0934. The molecule has 1 aromatic carbocycles. The second-order valence-electron chi connectivity index (χ2n) is 6.89. The van der Waals surface area contributed by atoms with Gasteiger partial charge in [0.05, 0.1) is 23.6 Å². The smallest absolute Gasteiger partial charge is 0.134 e. The van der Waals surface area contributed by atoms with Crippen LogP contribution >= 0.6 is 0 Å². The van der Waals surface area contributed by atoms with Crippen molar-refractivity contribution in [1.82, 2.24) is 19.8 Å². The van der Waals surface area contributed by atoms with Gasteiger partial charge in [0, 0.05) is 51.1 Å². The largest absolute Gasteiger partial charge is 0.493 e. The number of fused-ring (bicyclic) bond motifs is 1. The summed E-state index contributed by atoms with van der Waals surface area (Å²) >= 11 is 0. The normalized spacial score (nSPS) is 16.5. The molecule has 1 fully saturated rings. The van der Waals surface area contributed by atoms with Crippen LogP contribution in [0.2, 0.25) is 0 Å². The Bertz CT molecular complexity index is 684. The molecule has 1 aliphatic rings. The van der Waals surface area contributed by atoms with E-state index in [0.29, 0.717) is 6.61 Å². The van der Waals surface area contributed by atoms with Gasteiger partial charge in [-0.1, -0.05) is 0 Å². The molecule has 0 amide bonds. The molecule has 0 saturated carbocycles. The van der Waals surface area contributed by atoms with E-state index in [-0.39, 0.29) is 6.10 Å². The van der Waals surface area contributed by atoms with Crippen LogP contribution in [0.4, 0.5) is 0 Å². The number of hydrogen-bond donors (Lipinski definition) is 0. The summed E-state index contributed by atoms with van der Waals surface area (Å²) in [5.74, 6) is 1.59. The van der Waals surface area contributed by atoms with E-state index in [1.807, 2.05) is 26.0 Å². The molecule has 0 atom stereocenters. The zero-order valence-electron chi connectivity index (χ0n) is 15.4. The lowest BCUT2D eigenvalue weighted by atomic mass is 10.2. The Kier molecular flexibility index (Phi) is 6.04. The number of benzene rings is 1. The highest BCUT2D eigenvalue weighted by Crippen LogP contribution is 2.30. The standard InChI is InChI=1S/C19H28N4O2/c1-15(2)25-19-12-16(11-18-17(19)13-20-14-21-18)24-10-4-5-23-8-6-22(3)7-9-23/h11-15H,4-10H2,1-3H3. The second kappa shape index (κ2) is 8.45. The minimum atomic E-state index is 0.0934. The summed E-state index contributed by atoms with van der Waals surface area (Å²) < 4.78 is 11.9. The molecule has 0 spiro atoms. The number of piperazine rings is 1. The Morgan fingerprint density at radius 1 is 1.16 bits per heavy atom. The summed E-state index contributed by atoms with van der Waals surface area (Å²) in [7, 11) is 2.18. The zero-order chi connectivity index (χ0) is 17.6. The summed E-state index contributed by atoms with van der Waals surface area (Å²) in [5.41, 5.74) is 0.849. The van der Waals surface area contributed by atoms with Crippen molar-refractivity contribution in [3.63, 3.8) is 0 Å². The number of rotatable bonds is 7. The van der Waals surface area contributed by atoms with Crippen molar-refractivity contribution < 1.29 is 9.47 Å². The molecular weight excluding hydrogens is 316 g/mol. The molecular formula is C19H28N4O2. The van der Waals surface area contributed by atoms with Crippen LogP contribution in [-0.4, -0.2) is 72.3 Å². The van der Waals surface area contributed by atoms with Gasteiger partial charge >= 0.3 is 0 Å². The Balaban J connectivity index is 1.57. The lowest BCUT2D eigenvalue weighted by molar-refractivity contribution is 0.145. The third kappa shape index (κ3) is 5.03. The van der Waals surface area contributed by atoms with Crippen molar-refractivity contribution in [2.75, 3.05) is 46.4 Å². The van der Waals surface area contributed by atoms with Gasteiger partial charge in [-0.15, -0.1) is 0 Å². The molecule has 0 bridgehead atoms. The van der Waals surface area contributed by atoms with Crippen LogP contribution in [0.1, 0.15) is 20.3 Å². The highest BCUT2D eigenvalue weighted by Gasteiger charge is 2.13. The first-order valence-corrected chi connectivity index (χ1v) is 9.06. The minimum Gasteiger partial charge on any atom is -0.493 e. The van der Waals surface area contributed by atoms with Gasteiger partial charge in [0.25, 0.3) is 0 Å². The van der Waals surface area contributed by atoms with Crippen LogP contribution < -0.4 is 9.47 Å². The highest BCUT2D eigenvalue weighted by atomic mass is 16.5. The first-order valence-electron chi connectivity index (χ1n) is 9.06. The van der Waals surface area contributed by atoms with Gasteiger partial charge in [0.1, 0.15) is 17.8 Å². The maximum absolute atomic E-state index is 5.97. The average Bonchev–Trinajstić information content (AvgIpc) is 2.60. The third-order valence-corrected chi connectivity index (χ3v) is 4.41. The van der Waals surface area contributed by atoms with Crippen molar-refractivity contribution in [3.8, 4) is 11.5 Å². The van der Waals surface area contributed by atoms with Crippen molar-refractivity contribution in [3.05, 3.63) is 24.7 Å². The number of aromatic nitrogens is 2. The maximum Gasteiger partial charge on any atom is 0.134 e. The zero-order valence-corrected chi connectivity index (χ0v) is 15.4. The average molecular weight is 344 g/mol. The number of likely N-dealkylation sites (N-methyl/N-ethyl adjacent to an activating group) is 1. The number of ether oxygens (including phenoxy) is 2. The molecule has 1 aliphatic heterocycles. The Morgan fingerprint density at radius 2 is 1.96 bits per heavy atom. The number of nitrogens with zero attached hydrogens (tertiary/aromatic N) is 4. The first kappa shape index (κ1) is 17.9. The van der Waals surface area contributed by atoms with Crippen LogP contribution in [-0.2, 0) is 0 Å². The lowest BCUT2D eigenvalue weighted by Gasteiger charge is -2.32. The molecule has 136 valence electrons. The summed E-state index contributed by atoms with van der Waals surface area (Å²) in [4.78, 5) is 13.3.